The largest absolute Gasteiger partial charge is 0.392 e. The van der Waals surface area contributed by atoms with E-state index in [2.05, 4.69) is 0 Å². The molecule has 2 heterocycles. The molecule has 1 aliphatic rings. The molecule has 0 aliphatic carbocycles. The topological polar surface area (TPSA) is 54.4 Å². The van der Waals surface area contributed by atoms with Gasteiger partial charge in [-0.25, -0.2) is 8.42 Å². The minimum atomic E-state index is -3.06. The molecule has 0 saturated carbocycles. The second-order valence-electron chi connectivity index (χ2n) is 4.64. The van der Waals surface area contributed by atoms with E-state index in [0.29, 0.717) is 12.8 Å². The third kappa shape index (κ3) is 3.30. The van der Waals surface area contributed by atoms with Crippen molar-refractivity contribution < 1.29 is 13.5 Å². The van der Waals surface area contributed by atoms with E-state index >= 15 is 0 Å². The van der Waals surface area contributed by atoms with Gasteiger partial charge in [0, 0.05) is 0 Å². The lowest BCUT2D eigenvalue weighted by atomic mass is 10.0. The van der Waals surface area contributed by atoms with Crippen molar-refractivity contribution in [3.05, 3.63) is 22.4 Å². The van der Waals surface area contributed by atoms with E-state index in [9.17, 15) is 13.5 Å². The smallest absolute Gasteiger partial charge is 0.155 e. The van der Waals surface area contributed by atoms with Crippen molar-refractivity contribution in [1.29, 1.82) is 0 Å². The third-order valence-electron chi connectivity index (χ3n) is 3.37. The van der Waals surface area contributed by atoms with Gasteiger partial charge in [-0.15, -0.1) is 0 Å². The summed E-state index contributed by atoms with van der Waals surface area (Å²) in [5.74, 6) is 0.243. The summed E-state index contributed by atoms with van der Waals surface area (Å²) in [6, 6.07) is 2.02. The second kappa shape index (κ2) is 5.50. The predicted octanol–water partition coefficient (Wildman–Crippen LogP) is 2.01. The molecule has 1 saturated heterocycles. The molecule has 1 aromatic heterocycles. The molecule has 17 heavy (non-hydrogen) atoms. The highest BCUT2D eigenvalue weighted by Crippen LogP contribution is 2.24. The van der Waals surface area contributed by atoms with Gasteiger partial charge in [-0.2, -0.15) is 11.3 Å². The second-order valence-corrected chi connectivity index (χ2v) is 7.76. The molecule has 1 aliphatic heterocycles. The molecule has 3 nitrogen and oxygen atoms in total. The van der Waals surface area contributed by atoms with E-state index in [1.807, 2.05) is 16.8 Å². The fourth-order valence-electron chi connectivity index (χ4n) is 2.35. The van der Waals surface area contributed by atoms with Crippen LogP contribution in [-0.4, -0.2) is 30.6 Å². The number of hydrogen-bond acceptors (Lipinski definition) is 4. The van der Waals surface area contributed by atoms with Crippen LogP contribution < -0.4 is 0 Å². The summed E-state index contributed by atoms with van der Waals surface area (Å²) in [5, 5.41) is 13.5. The molecule has 0 aromatic carbocycles. The highest BCUT2D eigenvalue weighted by atomic mass is 32.2. The number of sulfone groups is 1. The van der Waals surface area contributed by atoms with E-state index in [4.69, 9.17) is 0 Å². The zero-order chi connectivity index (χ0) is 12.3. The Morgan fingerprint density at radius 3 is 2.94 bits per heavy atom. The van der Waals surface area contributed by atoms with Crippen LogP contribution in [0.1, 0.15) is 31.2 Å². The van der Waals surface area contributed by atoms with Gasteiger partial charge in [0.05, 0.1) is 17.1 Å². The van der Waals surface area contributed by atoms with Crippen LogP contribution in [0.15, 0.2) is 16.8 Å². The molecule has 0 radical (unpaired) electrons. The number of aliphatic hydroxyl groups is 1. The molecule has 96 valence electrons. The Balaban J connectivity index is 1.92. The molecule has 0 spiro atoms. The third-order valence-corrected chi connectivity index (χ3v) is 6.43. The number of aliphatic hydroxyl groups excluding tert-OH is 1. The van der Waals surface area contributed by atoms with E-state index in [1.165, 1.54) is 5.56 Å². The number of thiophene rings is 1. The normalized spacial score (nSPS) is 25.6. The van der Waals surface area contributed by atoms with Gasteiger partial charge in [0.1, 0.15) is 0 Å². The summed E-state index contributed by atoms with van der Waals surface area (Å²) in [5.41, 5.74) is 1.18. The molecule has 0 bridgehead atoms. The van der Waals surface area contributed by atoms with Crippen LogP contribution in [-0.2, 0) is 16.3 Å². The first-order chi connectivity index (χ1) is 8.09. The molecule has 1 aromatic rings. The number of hydrogen-bond donors (Lipinski definition) is 1. The maximum atomic E-state index is 11.8. The van der Waals surface area contributed by atoms with E-state index < -0.39 is 21.2 Å². The Hall–Kier alpha value is -0.390. The Kier molecular flexibility index (Phi) is 4.22. The lowest BCUT2D eigenvalue weighted by Crippen LogP contribution is -2.38. The maximum Gasteiger partial charge on any atom is 0.155 e. The van der Waals surface area contributed by atoms with E-state index in [-0.39, 0.29) is 5.75 Å². The van der Waals surface area contributed by atoms with Crippen molar-refractivity contribution in [3.63, 3.8) is 0 Å². The lowest BCUT2D eigenvalue weighted by molar-refractivity contribution is 0.152. The van der Waals surface area contributed by atoms with Crippen LogP contribution in [0.5, 0.6) is 0 Å². The minimum Gasteiger partial charge on any atom is -0.392 e. The van der Waals surface area contributed by atoms with Gasteiger partial charge in [-0.1, -0.05) is 6.42 Å². The molecule has 0 amide bonds. The molecule has 1 fully saturated rings. The Labute approximate surface area is 106 Å². The first-order valence-corrected chi connectivity index (χ1v) is 8.66. The fraction of sp³-hybridized carbons (Fsp3) is 0.667. The van der Waals surface area contributed by atoms with E-state index in [1.54, 1.807) is 11.3 Å². The summed E-state index contributed by atoms with van der Waals surface area (Å²) in [7, 11) is -3.06. The highest BCUT2D eigenvalue weighted by molar-refractivity contribution is 7.92. The van der Waals surface area contributed by atoms with Crippen LogP contribution >= 0.6 is 11.3 Å². The Bertz CT molecular complexity index is 436. The predicted molar refractivity (Wildman–Crippen MR) is 70.1 cm³/mol. The average molecular weight is 274 g/mol. The molecule has 1 N–H and O–H groups in total. The number of rotatable bonds is 4. The molecule has 2 atom stereocenters. The quantitative estimate of drug-likeness (QED) is 0.913. The average Bonchev–Trinajstić information content (AvgIpc) is 2.78. The maximum absolute atomic E-state index is 11.8. The molecule has 2 rings (SSSR count). The van der Waals surface area contributed by atoms with Crippen molar-refractivity contribution in [1.82, 2.24) is 0 Å². The monoisotopic (exact) mass is 274 g/mol. The Morgan fingerprint density at radius 2 is 2.29 bits per heavy atom. The van der Waals surface area contributed by atoms with Gasteiger partial charge >= 0.3 is 0 Å². The summed E-state index contributed by atoms with van der Waals surface area (Å²) in [6.07, 6.45) is 2.88. The van der Waals surface area contributed by atoms with Gasteiger partial charge in [0.15, 0.2) is 9.84 Å². The van der Waals surface area contributed by atoms with Crippen LogP contribution in [0.2, 0.25) is 0 Å². The zero-order valence-electron chi connectivity index (χ0n) is 9.71. The van der Waals surface area contributed by atoms with Gasteiger partial charge in [0.2, 0.25) is 0 Å². The summed E-state index contributed by atoms with van der Waals surface area (Å²) >= 11 is 1.63. The SMILES string of the molecule is O=S1(=O)CCCCC1C(O)CCc1ccsc1. The van der Waals surface area contributed by atoms with Crippen LogP contribution in [0.3, 0.4) is 0 Å². The first-order valence-electron chi connectivity index (χ1n) is 6.00. The molecular formula is C12H18O3S2. The summed E-state index contributed by atoms with van der Waals surface area (Å²) in [4.78, 5) is 0. The molecule has 5 heteroatoms. The molecule has 2 unspecified atom stereocenters. The van der Waals surface area contributed by atoms with Crippen LogP contribution in [0, 0.1) is 0 Å². The standard InChI is InChI=1S/C12H18O3S2/c13-11(5-4-10-6-7-16-9-10)12-3-1-2-8-17(12,14)15/h6-7,9,11-13H,1-5,8H2. The van der Waals surface area contributed by atoms with Crippen molar-refractivity contribution in [3.8, 4) is 0 Å². The van der Waals surface area contributed by atoms with Crippen molar-refractivity contribution in [2.24, 2.45) is 0 Å². The van der Waals surface area contributed by atoms with E-state index in [0.717, 1.165) is 19.3 Å². The van der Waals surface area contributed by atoms with Crippen LogP contribution in [0.25, 0.3) is 0 Å². The van der Waals surface area contributed by atoms with Crippen molar-refractivity contribution in [2.45, 2.75) is 43.5 Å². The molecular weight excluding hydrogens is 256 g/mol. The van der Waals surface area contributed by atoms with Crippen LogP contribution in [0.4, 0.5) is 0 Å². The first kappa shape index (κ1) is 13.1. The lowest BCUT2D eigenvalue weighted by Gasteiger charge is -2.26. The minimum absolute atomic E-state index is 0.243. The van der Waals surface area contributed by atoms with Crippen molar-refractivity contribution >= 4 is 21.2 Å². The van der Waals surface area contributed by atoms with Gasteiger partial charge in [-0.3, -0.25) is 0 Å². The fourth-order valence-corrected chi connectivity index (χ4v) is 5.10. The van der Waals surface area contributed by atoms with Gasteiger partial charge < -0.3 is 5.11 Å². The highest BCUT2D eigenvalue weighted by Gasteiger charge is 2.34. The van der Waals surface area contributed by atoms with Gasteiger partial charge in [-0.05, 0) is 48.1 Å². The van der Waals surface area contributed by atoms with Gasteiger partial charge in [0.25, 0.3) is 0 Å². The summed E-state index contributed by atoms with van der Waals surface area (Å²) < 4.78 is 23.7. The number of aryl methyl sites for hydroxylation is 1. The Morgan fingerprint density at radius 1 is 1.47 bits per heavy atom. The summed E-state index contributed by atoms with van der Waals surface area (Å²) in [6.45, 7) is 0. The van der Waals surface area contributed by atoms with Crippen molar-refractivity contribution in [2.75, 3.05) is 5.75 Å². The zero-order valence-corrected chi connectivity index (χ0v) is 11.3.